The molecule has 0 aromatic carbocycles. The van der Waals surface area contributed by atoms with E-state index >= 15 is 0 Å². The highest BCUT2D eigenvalue weighted by molar-refractivity contribution is 4.72. The van der Waals surface area contributed by atoms with E-state index in [1.807, 2.05) is 0 Å². The molecule has 0 spiro atoms. The van der Waals surface area contributed by atoms with E-state index in [4.69, 9.17) is 5.53 Å². The molecule has 0 heterocycles. The molecular weight excluding hydrogens is 154 g/mol. The van der Waals surface area contributed by atoms with Crippen molar-refractivity contribution in [1.82, 2.24) is 0 Å². The monoisotopic (exact) mass is 171 g/mol. The van der Waals surface area contributed by atoms with E-state index in [-0.39, 0.29) is 6.04 Å². The van der Waals surface area contributed by atoms with Crippen molar-refractivity contribution in [3.63, 3.8) is 0 Å². The van der Waals surface area contributed by atoms with E-state index in [2.05, 4.69) is 16.9 Å². The highest BCUT2D eigenvalue weighted by Crippen LogP contribution is 2.10. The fraction of sp³-hybridized carbons (Fsp3) is 1.00. The number of rotatable bonds is 6. The van der Waals surface area contributed by atoms with Crippen LogP contribution in [0.25, 0.3) is 10.4 Å². The van der Waals surface area contributed by atoms with Gasteiger partial charge in [0.15, 0.2) is 0 Å². The summed E-state index contributed by atoms with van der Waals surface area (Å²) >= 11 is 0. The molecule has 0 saturated heterocycles. The van der Waals surface area contributed by atoms with Crippen LogP contribution in [-0.2, 0) is 0 Å². The maximum absolute atomic E-state index is 9.18. The lowest BCUT2D eigenvalue weighted by Crippen LogP contribution is -2.19. The van der Waals surface area contributed by atoms with Crippen LogP contribution in [0.4, 0.5) is 0 Å². The number of hydrogen-bond donors (Lipinski definition) is 1. The summed E-state index contributed by atoms with van der Waals surface area (Å²) in [6.45, 7) is 3.77. The first-order valence-electron chi connectivity index (χ1n) is 4.44. The fourth-order valence-electron chi connectivity index (χ4n) is 1.07. The molecule has 0 fully saturated rings. The van der Waals surface area contributed by atoms with Gasteiger partial charge in [-0.1, -0.05) is 31.3 Å². The Hall–Kier alpha value is -0.730. The lowest BCUT2D eigenvalue weighted by Gasteiger charge is -2.12. The van der Waals surface area contributed by atoms with Gasteiger partial charge in [-0.3, -0.25) is 0 Å². The van der Waals surface area contributed by atoms with E-state index in [1.54, 1.807) is 6.92 Å². The number of nitrogens with zero attached hydrogens (tertiary/aromatic N) is 3. The SMILES string of the molecule is CCCCC[C@H](N=[N+]=[N-])[C@H](C)O. The van der Waals surface area contributed by atoms with Crippen LogP contribution in [0, 0.1) is 0 Å². The van der Waals surface area contributed by atoms with Crippen LogP contribution in [0.1, 0.15) is 39.5 Å². The third-order valence-electron chi connectivity index (χ3n) is 1.86. The second kappa shape index (κ2) is 6.95. The molecule has 1 N–H and O–H groups in total. The Morgan fingerprint density at radius 2 is 2.17 bits per heavy atom. The molecule has 0 rings (SSSR count). The van der Waals surface area contributed by atoms with Gasteiger partial charge in [0.2, 0.25) is 0 Å². The van der Waals surface area contributed by atoms with Gasteiger partial charge in [0.25, 0.3) is 0 Å². The first-order chi connectivity index (χ1) is 5.72. The molecule has 0 amide bonds. The molecule has 0 aliphatic heterocycles. The van der Waals surface area contributed by atoms with Gasteiger partial charge in [-0.25, -0.2) is 0 Å². The average molecular weight is 171 g/mol. The maximum atomic E-state index is 9.18. The van der Waals surface area contributed by atoms with E-state index in [9.17, 15) is 5.11 Å². The molecule has 0 aliphatic rings. The molecule has 4 nitrogen and oxygen atoms in total. The molecule has 0 aromatic heterocycles. The largest absolute Gasteiger partial charge is 0.393 e. The first kappa shape index (κ1) is 11.3. The summed E-state index contributed by atoms with van der Waals surface area (Å²) < 4.78 is 0. The summed E-state index contributed by atoms with van der Waals surface area (Å²) in [5, 5.41) is 12.7. The Morgan fingerprint density at radius 1 is 1.50 bits per heavy atom. The van der Waals surface area contributed by atoms with Crippen molar-refractivity contribution < 1.29 is 5.11 Å². The van der Waals surface area contributed by atoms with Gasteiger partial charge in [-0.2, -0.15) is 0 Å². The van der Waals surface area contributed by atoms with Crippen molar-refractivity contribution in [2.45, 2.75) is 51.7 Å². The lowest BCUT2D eigenvalue weighted by atomic mass is 10.1. The minimum Gasteiger partial charge on any atom is -0.393 e. The van der Waals surface area contributed by atoms with Crippen LogP contribution < -0.4 is 0 Å². The summed E-state index contributed by atoms with van der Waals surface area (Å²) in [5.41, 5.74) is 8.19. The summed E-state index contributed by atoms with van der Waals surface area (Å²) in [6.07, 6.45) is 3.55. The third kappa shape index (κ3) is 4.99. The maximum Gasteiger partial charge on any atom is 0.0631 e. The summed E-state index contributed by atoms with van der Waals surface area (Å²) in [4.78, 5) is 2.70. The predicted octanol–water partition coefficient (Wildman–Crippen LogP) is 2.63. The fourth-order valence-corrected chi connectivity index (χ4v) is 1.07. The Kier molecular flexibility index (Phi) is 6.53. The van der Waals surface area contributed by atoms with Gasteiger partial charge in [0, 0.05) is 4.91 Å². The number of aliphatic hydroxyl groups excluding tert-OH is 1. The van der Waals surface area contributed by atoms with E-state index in [0.717, 1.165) is 25.7 Å². The van der Waals surface area contributed by atoms with Crippen molar-refractivity contribution in [2.24, 2.45) is 5.11 Å². The molecule has 0 aliphatic carbocycles. The highest BCUT2D eigenvalue weighted by atomic mass is 16.3. The van der Waals surface area contributed by atoms with E-state index in [0.29, 0.717) is 0 Å². The van der Waals surface area contributed by atoms with Gasteiger partial charge in [-0.15, -0.1) is 0 Å². The molecule has 12 heavy (non-hydrogen) atoms. The third-order valence-corrected chi connectivity index (χ3v) is 1.86. The second-order valence-corrected chi connectivity index (χ2v) is 3.01. The Morgan fingerprint density at radius 3 is 2.58 bits per heavy atom. The van der Waals surface area contributed by atoms with E-state index < -0.39 is 6.10 Å². The summed E-state index contributed by atoms with van der Waals surface area (Å²) in [6, 6.07) is -0.249. The van der Waals surface area contributed by atoms with Gasteiger partial charge in [-0.05, 0) is 18.9 Å². The van der Waals surface area contributed by atoms with Crippen molar-refractivity contribution in [3.05, 3.63) is 10.4 Å². The number of hydrogen-bond acceptors (Lipinski definition) is 2. The van der Waals surface area contributed by atoms with Crippen molar-refractivity contribution >= 4 is 0 Å². The van der Waals surface area contributed by atoms with E-state index in [1.165, 1.54) is 0 Å². The molecule has 0 bridgehead atoms. The molecule has 2 atom stereocenters. The van der Waals surface area contributed by atoms with Crippen LogP contribution >= 0.6 is 0 Å². The molecule has 0 radical (unpaired) electrons. The minimum absolute atomic E-state index is 0.249. The zero-order valence-corrected chi connectivity index (χ0v) is 7.77. The quantitative estimate of drug-likeness (QED) is 0.284. The Balaban J connectivity index is 3.71. The van der Waals surface area contributed by atoms with Crippen molar-refractivity contribution in [1.29, 1.82) is 0 Å². The zero-order valence-electron chi connectivity index (χ0n) is 7.77. The predicted molar refractivity (Wildman–Crippen MR) is 48.8 cm³/mol. The Bertz CT molecular complexity index is 152. The molecule has 70 valence electrons. The summed E-state index contributed by atoms with van der Waals surface area (Å²) in [5.74, 6) is 0. The lowest BCUT2D eigenvalue weighted by molar-refractivity contribution is 0.158. The highest BCUT2D eigenvalue weighted by Gasteiger charge is 2.11. The molecule has 0 unspecified atom stereocenters. The van der Waals surface area contributed by atoms with Crippen LogP contribution in [0.5, 0.6) is 0 Å². The topological polar surface area (TPSA) is 69.0 Å². The summed E-state index contributed by atoms with van der Waals surface area (Å²) in [7, 11) is 0. The zero-order chi connectivity index (χ0) is 9.40. The number of unbranched alkanes of at least 4 members (excludes halogenated alkanes) is 2. The minimum atomic E-state index is -0.530. The van der Waals surface area contributed by atoms with Crippen molar-refractivity contribution in [3.8, 4) is 0 Å². The van der Waals surface area contributed by atoms with Crippen LogP contribution in [0.3, 0.4) is 0 Å². The van der Waals surface area contributed by atoms with Crippen LogP contribution in [-0.4, -0.2) is 17.3 Å². The van der Waals surface area contributed by atoms with Crippen LogP contribution in [0.2, 0.25) is 0 Å². The molecule has 0 aromatic rings. The number of azide groups is 1. The van der Waals surface area contributed by atoms with Crippen LogP contribution in [0.15, 0.2) is 5.11 Å². The Labute approximate surface area is 73.2 Å². The molecular formula is C8H17N3O. The first-order valence-corrected chi connectivity index (χ1v) is 4.44. The van der Waals surface area contributed by atoms with Gasteiger partial charge < -0.3 is 5.11 Å². The average Bonchev–Trinajstić information content (AvgIpc) is 2.03. The molecule has 4 heteroatoms. The van der Waals surface area contributed by atoms with Gasteiger partial charge in [0.1, 0.15) is 0 Å². The van der Waals surface area contributed by atoms with Gasteiger partial charge in [0.05, 0.1) is 12.1 Å². The van der Waals surface area contributed by atoms with Crippen molar-refractivity contribution in [2.75, 3.05) is 0 Å². The second-order valence-electron chi connectivity index (χ2n) is 3.01. The standard InChI is InChI=1S/C8H17N3O/c1-3-4-5-6-8(7(2)12)10-11-9/h7-8,12H,3-6H2,1-2H3/t7-,8-/m0/s1. The molecule has 0 saturated carbocycles. The smallest absolute Gasteiger partial charge is 0.0631 e. The number of aliphatic hydroxyl groups is 1. The normalized spacial score (nSPS) is 14.9. The van der Waals surface area contributed by atoms with Gasteiger partial charge >= 0.3 is 0 Å².